The molecule has 12 rings (SSSR count). The third kappa shape index (κ3) is 4.18. The highest BCUT2D eigenvalue weighted by molar-refractivity contribution is 6.14. The first-order chi connectivity index (χ1) is 27.0. The Bertz CT molecular complexity index is 3360. The van der Waals surface area contributed by atoms with Crippen LogP contribution in [0.4, 0.5) is 0 Å². The first-order valence-electron chi connectivity index (χ1n) is 19.1. The molecule has 1 aliphatic carbocycles. The first-order valence-corrected chi connectivity index (χ1v) is 19.1. The van der Waals surface area contributed by atoms with Gasteiger partial charge in [0.1, 0.15) is 0 Å². The fourth-order valence-electron chi connectivity index (χ4n) is 9.76. The van der Waals surface area contributed by atoms with Crippen molar-refractivity contribution in [3.63, 3.8) is 0 Å². The number of hydrogen-bond acceptors (Lipinski definition) is 1. The largest absolute Gasteiger partial charge is 0.309 e. The third-order valence-electron chi connectivity index (χ3n) is 12.3. The van der Waals surface area contributed by atoms with Crippen LogP contribution in [0, 0.1) is 0 Å². The molecule has 0 bridgehead atoms. The number of rotatable bonds is 3. The van der Waals surface area contributed by atoms with Gasteiger partial charge < -0.3 is 9.13 Å². The molecule has 0 fully saturated rings. The van der Waals surface area contributed by atoms with Crippen LogP contribution < -0.4 is 0 Å². The lowest BCUT2D eigenvalue weighted by Crippen LogP contribution is -2.15. The Kier molecular flexibility index (Phi) is 6.12. The van der Waals surface area contributed by atoms with Crippen molar-refractivity contribution in [2.45, 2.75) is 19.3 Å². The van der Waals surface area contributed by atoms with Crippen LogP contribution in [0.2, 0.25) is 0 Å². The van der Waals surface area contributed by atoms with Crippen LogP contribution in [0.25, 0.3) is 99.0 Å². The number of para-hydroxylation sites is 4. The molecule has 0 amide bonds. The predicted octanol–water partition coefficient (Wildman–Crippen LogP) is 13.6. The summed E-state index contributed by atoms with van der Waals surface area (Å²) in [5.41, 5.74) is 15.3. The predicted molar refractivity (Wildman–Crippen MR) is 231 cm³/mol. The lowest BCUT2D eigenvalue weighted by atomic mass is 9.82. The minimum atomic E-state index is -0.120. The molecule has 0 spiro atoms. The quantitative estimate of drug-likeness (QED) is 0.168. The van der Waals surface area contributed by atoms with E-state index in [2.05, 4.69) is 199 Å². The Balaban J connectivity index is 1.22. The van der Waals surface area contributed by atoms with Gasteiger partial charge >= 0.3 is 0 Å². The molecule has 0 saturated carbocycles. The van der Waals surface area contributed by atoms with Crippen LogP contribution in [-0.2, 0) is 5.41 Å². The van der Waals surface area contributed by atoms with E-state index in [1.165, 1.54) is 76.6 Å². The Morgan fingerprint density at radius 3 is 1.56 bits per heavy atom. The van der Waals surface area contributed by atoms with Gasteiger partial charge in [-0.2, -0.15) is 0 Å². The number of pyridine rings is 1. The third-order valence-corrected chi connectivity index (χ3v) is 12.3. The molecule has 8 aromatic carbocycles. The van der Waals surface area contributed by atoms with Crippen LogP contribution in [0.3, 0.4) is 0 Å². The molecule has 55 heavy (non-hydrogen) atoms. The van der Waals surface area contributed by atoms with Gasteiger partial charge in [0.15, 0.2) is 0 Å². The zero-order valence-electron chi connectivity index (χ0n) is 30.6. The van der Waals surface area contributed by atoms with Crippen molar-refractivity contribution in [1.29, 1.82) is 0 Å². The molecule has 3 aromatic heterocycles. The minimum Gasteiger partial charge on any atom is -0.309 e. The van der Waals surface area contributed by atoms with Crippen molar-refractivity contribution in [2.75, 3.05) is 0 Å². The second-order valence-electron chi connectivity index (χ2n) is 15.6. The second kappa shape index (κ2) is 11.0. The number of hydrogen-bond donors (Lipinski definition) is 0. The molecule has 0 atom stereocenters. The lowest BCUT2D eigenvalue weighted by molar-refractivity contribution is 0.661. The molecule has 3 heterocycles. The van der Waals surface area contributed by atoms with E-state index in [4.69, 9.17) is 4.98 Å². The maximum Gasteiger partial charge on any atom is 0.0789 e. The van der Waals surface area contributed by atoms with Crippen molar-refractivity contribution in [1.82, 2.24) is 14.1 Å². The molecule has 0 unspecified atom stereocenters. The first kappa shape index (κ1) is 30.5. The summed E-state index contributed by atoms with van der Waals surface area (Å²) in [5, 5.41) is 8.52. The van der Waals surface area contributed by atoms with E-state index < -0.39 is 0 Å². The molecular formula is C52H35N3. The molecule has 258 valence electrons. The molecule has 0 saturated heterocycles. The summed E-state index contributed by atoms with van der Waals surface area (Å²) in [6.07, 6.45) is 0. The summed E-state index contributed by atoms with van der Waals surface area (Å²) < 4.78 is 4.93. The van der Waals surface area contributed by atoms with Gasteiger partial charge in [0.05, 0.1) is 33.3 Å². The van der Waals surface area contributed by atoms with Crippen molar-refractivity contribution in [2.24, 2.45) is 0 Å². The van der Waals surface area contributed by atoms with Crippen LogP contribution >= 0.6 is 0 Å². The maximum atomic E-state index is 5.44. The Morgan fingerprint density at radius 2 is 0.891 bits per heavy atom. The van der Waals surface area contributed by atoms with E-state index in [0.717, 1.165) is 33.5 Å². The van der Waals surface area contributed by atoms with Crippen LogP contribution in [0.15, 0.2) is 176 Å². The van der Waals surface area contributed by atoms with Gasteiger partial charge in [-0.05, 0) is 82.2 Å². The highest BCUT2D eigenvalue weighted by Crippen LogP contribution is 2.51. The molecule has 3 heteroatoms. The Hall–Kier alpha value is -6.97. The van der Waals surface area contributed by atoms with E-state index in [-0.39, 0.29) is 5.41 Å². The highest BCUT2D eigenvalue weighted by atomic mass is 15.0. The van der Waals surface area contributed by atoms with Gasteiger partial charge in [-0.15, -0.1) is 0 Å². The summed E-state index contributed by atoms with van der Waals surface area (Å²) in [6, 6.07) is 64.6. The van der Waals surface area contributed by atoms with Crippen molar-refractivity contribution in [3.05, 3.63) is 187 Å². The Morgan fingerprint density at radius 1 is 0.382 bits per heavy atom. The molecule has 11 aromatic rings. The Labute approximate surface area is 318 Å². The fourth-order valence-corrected chi connectivity index (χ4v) is 9.76. The maximum absolute atomic E-state index is 5.44. The number of benzene rings is 8. The summed E-state index contributed by atoms with van der Waals surface area (Å²) >= 11 is 0. The summed E-state index contributed by atoms with van der Waals surface area (Å²) in [5.74, 6) is 0. The topological polar surface area (TPSA) is 22.8 Å². The van der Waals surface area contributed by atoms with E-state index in [0.29, 0.717) is 0 Å². The second-order valence-corrected chi connectivity index (χ2v) is 15.6. The molecule has 0 N–H and O–H groups in total. The van der Waals surface area contributed by atoms with E-state index in [9.17, 15) is 0 Å². The van der Waals surface area contributed by atoms with E-state index >= 15 is 0 Å². The highest BCUT2D eigenvalue weighted by Gasteiger charge is 2.36. The number of aromatic nitrogens is 3. The summed E-state index contributed by atoms with van der Waals surface area (Å²) in [7, 11) is 0. The number of nitrogens with zero attached hydrogens (tertiary/aromatic N) is 3. The number of fused-ring (bicyclic) bond motifs is 12. The van der Waals surface area contributed by atoms with Gasteiger partial charge in [0.2, 0.25) is 0 Å². The molecule has 3 nitrogen and oxygen atoms in total. The van der Waals surface area contributed by atoms with Gasteiger partial charge in [0.25, 0.3) is 0 Å². The van der Waals surface area contributed by atoms with E-state index in [1.54, 1.807) is 0 Å². The average molecular weight is 702 g/mol. The van der Waals surface area contributed by atoms with E-state index in [1.807, 2.05) is 0 Å². The molecule has 0 radical (unpaired) electrons. The summed E-state index contributed by atoms with van der Waals surface area (Å²) in [4.78, 5) is 5.44. The van der Waals surface area contributed by atoms with Crippen molar-refractivity contribution >= 4 is 65.3 Å². The SMILES string of the molecule is CC1(C)c2ccccc2-c2cc3c4ccccc4n(-c4cc(-c5nc6ccccc6c6ccccc56)cc(-n5c6ccccc6c6ccccc65)c4)c3cc21. The van der Waals surface area contributed by atoms with Crippen molar-refractivity contribution in [3.8, 4) is 33.8 Å². The standard InChI is InChI=1S/C52H35N3/c1-52(2)44-22-10-5-16-36(44)42-30-43-40-20-9-14-26-49(40)55(50(43)31-45(42)52)34-28-32(51-41-21-4-3-15-35(41)37-17-6-11-23-46(37)53-51)27-33(29-34)54-47-24-12-7-18-38(47)39-19-8-13-25-48(39)54/h3-31H,1-2H3. The summed E-state index contributed by atoms with van der Waals surface area (Å²) in [6.45, 7) is 4.74. The van der Waals surface area contributed by atoms with Gasteiger partial charge in [-0.25, -0.2) is 4.98 Å². The molecule has 0 aliphatic heterocycles. The fraction of sp³-hybridized carbons (Fsp3) is 0.0577. The molecular weight excluding hydrogens is 667 g/mol. The van der Waals surface area contributed by atoms with Crippen LogP contribution in [-0.4, -0.2) is 14.1 Å². The lowest BCUT2D eigenvalue weighted by Gasteiger charge is -2.22. The van der Waals surface area contributed by atoms with Crippen molar-refractivity contribution < 1.29 is 0 Å². The molecule has 1 aliphatic rings. The normalized spacial score (nSPS) is 13.4. The smallest absolute Gasteiger partial charge is 0.0789 e. The monoisotopic (exact) mass is 701 g/mol. The van der Waals surface area contributed by atoms with Crippen LogP contribution in [0.1, 0.15) is 25.0 Å². The van der Waals surface area contributed by atoms with Gasteiger partial charge in [-0.1, -0.05) is 135 Å². The average Bonchev–Trinajstić information content (AvgIpc) is 3.83. The van der Waals surface area contributed by atoms with Gasteiger partial charge in [-0.3, -0.25) is 0 Å². The zero-order valence-corrected chi connectivity index (χ0v) is 30.6. The van der Waals surface area contributed by atoms with Gasteiger partial charge in [0, 0.05) is 54.7 Å². The minimum absolute atomic E-state index is 0.120. The zero-order chi connectivity index (χ0) is 36.4. The van der Waals surface area contributed by atoms with Crippen LogP contribution in [0.5, 0.6) is 0 Å².